The van der Waals surface area contributed by atoms with Gasteiger partial charge in [-0.3, -0.25) is 4.79 Å². The van der Waals surface area contributed by atoms with Gasteiger partial charge in [-0.2, -0.15) is 0 Å². The van der Waals surface area contributed by atoms with Crippen LogP contribution in [0.5, 0.6) is 0 Å². The van der Waals surface area contributed by atoms with Crippen LogP contribution in [-0.4, -0.2) is 4.98 Å². The van der Waals surface area contributed by atoms with Crippen LogP contribution in [0.15, 0.2) is 41.2 Å². The molecule has 0 spiro atoms. The number of benzene rings is 1. The van der Waals surface area contributed by atoms with Crippen molar-refractivity contribution in [3.8, 4) is 11.3 Å². The second-order valence-corrected chi connectivity index (χ2v) is 3.91. The number of pyridine rings is 1. The summed E-state index contributed by atoms with van der Waals surface area (Å²) in [4.78, 5) is 14.1. The van der Waals surface area contributed by atoms with Crippen molar-refractivity contribution in [2.45, 2.75) is 6.54 Å². The normalized spacial score (nSPS) is 10.4. The lowest BCUT2D eigenvalue weighted by atomic mass is 10.1. The van der Waals surface area contributed by atoms with E-state index in [1.54, 1.807) is 12.1 Å². The van der Waals surface area contributed by atoms with Gasteiger partial charge in [0, 0.05) is 23.3 Å². The van der Waals surface area contributed by atoms with E-state index in [-0.39, 0.29) is 5.56 Å². The van der Waals surface area contributed by atoms with Crippen LogP contribution in [0.3, 0.4) is 0 Å². The number of halogens is 1. The number of nitrogens with two attached hydrogens (primary N) is 1. The van der Waals surface area contributed by atoms with Gasteiger partial charge in [0.2, 0.25) is 5.56 Å². The van der Waals surface area contributed by atoms with Crippen LogP contribution in [0.2, 0.25) is 5.02 Å². The number of aromatic amines is 1. The molecule has 3 N–H and O–H groups in total. The summed E-state index contributed by atoms with van der Waals surface area (Å²) in [5.74, 6) is 0. The molecule has 82 valence electrons. The first kappa shape index (κ1) is 10.9. The number of nitrogens with one attached hydrogen (secondary N) is 1. The highest BCUT2D eigenvalue weighted by Crippen LogP contribution is 2.19. The molecule has 16 heavy (non-hydrogen) atoms. The second kappa shape index (κ2) is 4.51. The van der Waals surface area contributed by atoms with Gasteiger partial charge in [0.25, 0.3) is 0 Å². The van der Waals surface area contributed by atoms with Crippen LogP contribution >= 0.6 is 11.6 Å². The average Bonchev–Trinajstić information content (AvgIpc) is 2.29. The highest BCUT2D eigenvalue weighted by Gasteiger charge is 2.01. The van der Waals surface area contributed by atoms with E-state index in [4.69, 9.17) is 17.3 Å². The fraction of sp³-hybridized carbons (Fsp3) is 0.0833. The first-order chi connectivity index (χ1) is 7.69. The minimum atomic E-state index is -0.145. The van der Waals surface area contributed by atoms with Crippen molar-refractivity contribution < 1.29 is 0 Å². The topological polar surface area (TPSA) is 58.9 Å². The Kier molecular flexibility index (Phi) is 3.08. The standard InChI is InChI=1S/C12H11ClN2O/c13-10-3-1-9(2-4-10)11-5-8(7-14)6-12(16)15-11/h1-6H,7,14H2,(H,15,16). The third-order valence-corrected chi connectivity index (χ3v) is 2.55. The van der Waals surface area contributed by atoms with Gasteiger partial charge >= 0.3 is 0 Å². The van der Waals surface area contributed by atoms with Crippen LogP contribution in [0, 0.1) is 0 Å². The van der Waals surface area contributed by atoms with Gasteiger partial charge in [-0.1, -0.05) is 23.7 Å². The van der Waals surface area contributed by atoms with E-state index >= 15 is 0 Å². The maximum atomic E-state index is 11.4. The third kappa shape index (κ3) is 2.32. The molecule has 0 aliphatic heterocycles. The van der Waals surface area contributed by atoms with Gasteiger partial charge in [0.15, 0.2) is 0 Å². The first-order valence-electron chi connectivity index (χ1n) is 4.88. The SMILES string of the molecule is NCc1cc(-c2ccc(Cl)cc2)[nH]c(=O)c1. The fourth-order valence-electron chi connectivity index (χ4n) is 1.50. The molecule has 0 saturated carbocycles. The smallest absolute Gasteiger partial charge is 0.248 e. The molecular weight excluding hydrogens is 224 g/mol. The molecule has 0 fully saturated rings. The number of aromatic nitrogens is 1. The van der Waals surface area contributed by atoms with E-state index in [2.05, 4.69) is 4.98 Å². The highest BCUT2D eigenvalue weighted by molar-refractivity contribution is 6.30. The number of H-pyrrole nitrogens is 1. The van der Waals surface area contributed by atoms with Crippen molar-refractivity contribution in [1.29, 1.82) is 0 Å². The van der Waals surface area contributed by atoms with Crippen LogP contribution in [-0.2, 0) is 6.54 Å². The van der Waals surface area contributed by atoms with Crippen LogP contribution < -0.4 is 11.3 Å². The van der Waals surface area contributed by atoms with Crippen molar-refractivity contribution in [3.05, 3.63) is 57.3 Å². The van der Waals surface area contributed by atoms with Gasteiger partial charge < -0.3 is 10.7 Å². The lowest BCUT2D eigenvalue weighted by Crippen LogP contribution is -2.09. The Bertz CT molecular complexity index is 546. The Labute approximate surface area is 97.9 Å². The summed E-state index contributed by atoms with van der Waals surface area (Å²) in [5, 5.41) is 0.668. The van der Waals surface area contributed by atoms with Gasteiger partial charge in [-0.25, -0.2) is 0 Å². The first-order valence-corrected chi connectivity index (χ1v) is 5.26. The molecule has 0 radical (unpaired) electrons. The van der Waals surface area contributed by atoms with E-state index in [0.717, 1.165) is 16.8 Å². The Morgan fingerprint density at radius 1 is 1.19 bits per heavy atom. The predicted octanol–water partition coefficient (Wildman–Crippen LogP) is 2.15. The van der Waals surface area contributed by atoms with Gasteiger partial charge in [-0.05, 0) is 29.3 Å². The maximum Gasteiger partial charge on any atom is 0.248 e. The molecule has 1 aromatic heterocycles. The zero-order valence-electron chi connectivity index (χ0n) is 8.53. The van der Waals surface area contributed by atoms with Crippen molar-refractivity contribution >= 4 is 11.6 Å². The van der Waals surface area contributed by atoms with Gasteiger partial charge in [0.1, 0.15) is 0 Å². The summed E-state index contributed by atoms with van der Waals surface area (Å²) in [5.41, 5.74) is 7.85. The molecule has 3 nitrogen and oxygen atoms in total. The van der Waals surface area contributed by atoms with Crippen LogP contribution in [0.1, 0.15) is 5.56 Å². The predicted molar refractivity (Wildman–Crippen MR) is 65.4 cm³/mol. The lowest BCUT2D eigenvalue weighted by Gasteiger charge is -2.03. The molecule has 0 saturated heterocycles. The minimum Gasteiger partial charge on any atom is -0.326 e. The monoisotopic (exact) mass is 234 g/mol. The molecule has 1 heterocycles. The fourth-order valence-corrected chi connectivity index (χ4v) is 1.63. The quantitative estimate of drug-likeness (QED) is 0.837. The molecule has 0 amide bonds. The number of hydrogen-bond donors (Lipinski definition) is 2. The van der Waals surface area contributed by atoms with Crippen molar-refractivity contribution in [2.75, 3.05) is 0 Å². The summed E-state index contributed by atoms with van der Waals surface area (Å²) in [7, 11) is 0. The zero-order chi connectivity index (χ0) is 11.5. The van der Waals surface area contributed by atoms with Crippen LogP contribution in [0.25, 0.3) is 11.3 Å². The van der Waals surface area contributed by atoms with E-state index in [1.807, 2.05) is 18.2 Å². The Balaban J connectivity index is 2.51. The molecule has 0 bridgehead atoms. The third-order valence-electron chi connectivity index (χ3n) is 2.30. The second-order valence-electron chi connectivity index (χ2n) is 3.48. The minimum absolute atomic E-state index is 0.145. The summed E-state index contributed by atoms with van der Waals surface area (Å²) in [6.07, 6.45) is 0. The molecular formula is C12H11ClN2O. The summed E-state index contributed by atoms with van der Waals surface area (Å²) >= 11 is 5.80. The highest BCUT2D eigenvalue weighted by atomic mass is 35.5. The lowest BCUT2D eigenvalue weighted by molar-refractivity contribution is 1.05. The van der Waals surface area contributed by atoms with E-state index in [0.29, 0.717) is 11.6 Å². The molecule has 2 aromatic rings. The molecule has 0 unspecified atom stereocenters. The zero-order valence-corrected chi connectivity index (χ0v) is 9.29. The molecule has 0 atom stereocenters. The van der Waals surface area contributed by atoms with Crippen molar-refractivity contribution in [2.24, 2.45) is 5.73 Å². The molecule has 0 aliphatic carbocycles. The molecule has 2 rings (SSSR count). The summed E-state index contributed by atoms with van der Waals surface area (Å²) in [6, 6.07) is 10.6. The summed E-state index contributed by atoms with van der Waals surface area (Å²) < 4.78 is 0. The van der Waals surface area contributed by atoms with Crippen LogP contribution in [0.4, 0.5) is 0 Å². The number of hydrogen-bond acceptors (Lipinski definition) is 2. The van der Waals surface area contributed by atoms with Crippen molar-refractivity contribution in [3.63, 3.8) is 0 Å². The Morgan fingerprint density at radius 3 is 2.50 bits per heavy atom. The Hall–Kier alpha value is -1.58. The van der Waals surface area contributed by atoms with Crippen molar-refractivity contribution in [1.82, 2.24) is 4.98 Å². The summed E-state index contributed by atoms with van der Waals surface area (Å²) in [6.45, 7) is 0.352. The number of rotatable bonds is 2. The molecule has 0 aliphatic rings. The van der Waals surface area contributed by atoms with E-state index in [1.165, 1.54) is 6.07 Å². The van der Waals surface area contributed by atoms with E-state index in [9.17, 15) is 4.79 Å². The molecule has 1 aromatic carbocycles. The maximum absolute atomic E-state index is 11.4. The Morgan fingerprint density at radius 2 is 1.88 bits per heavy atom. The average molecular weight is 235 g/mol. The molecule has 4 heteroatoms. The van der Waals surface area contributed by atoms with Gasteiger partial charge in [-0.15, -0.1) is 0 Å². The van der Waals surface area contributed by atoms with Gasteiger partial charge in [0.05, 0.1) is 0 Å². The van der Waals surface area contributed by atoms with E-state index < -0.39 is 0 Å². The largest absolute Gasteiger partial charge is 0.326 e.